The van der Waals surface area contributed by atoms with E-state index in [2.05, 4.69) is 27.1 Å². The molecule has 0 radical (unpaired) electrons. The Bertz CT molecular complexity index is 770. The van der Waals surface area contributed by atoms with Gasteiger partial charge in [0.2, 0.25) is 5.91 Å². The number of thioether (sulfide) groups is 1. The van der Waals surface area contributed by atoms with Gasteiger partial charge in [0.05, 0.1) is 17.9 Å². The van der Waals surface area contributed by atoms with Gasteiger partial charge in [-0.25, -0.2) is 0 Å². The van der Waals surface area contributed by atoms with E-state index in [1.54, 1.807) is 0 Å². The first-order valence-corrected chi connectivity index (χ1v) is 10.1. The van der Waals surface area contributed by atoms with Gasteiger partial charge in [-0.2, -0.15) is 0 Å². The molecule has 4 rings (SSSR count). The highest BCUT2D eigenvalue weighted by atomic mass is 32.2. The van der Waals surface area contributed by atoms with E-state index < -0.39 is 0 Å². The number of aromatic nitrogens is 1. The second-order valence-corrected chi connectivity index (χ2v) is 7.98. The Labute approximate surface area is 158 Å². The first-order valence-electron chi connectivity index (χ1n) is 9.08. The molecule has 1 amide bonds. The van der Waals surface area contributed by atoms with E-state index in [1.165, 1.54) is 4.90 Å². The van der Waals surface area contributed by atoms with Crippen molar-refractivity contribution in [2.45, 2.75) is 18.4 Å². The van der Waals surface area contributed by atoms with Gasteiger partial charge < -0.3 is 9.42 Å². The summed E-state index contributed by atoms with van der Waals surface area (Å²) in [6.45, 7) is 7.74. The van der Waals surface area contributed by atoms with Crippen molar-refractivity contribution >= 4 is 23.4 Å². The Morgan fingerprint density at radius 2 is 1.92 bits per heavy atom. The highest BCUT2D eigenvalue weighted by Gasteiger charge is 2.26. The zero-order valence-corrected chi connectivity index (χ0v) is 15.9. The number of amides is 1. The van der Waals surface area contributed by atoms with E-state index in [1.807, 2.05) is 41.8 Å². The van der Waals surface area contributed by atoms with Gasteiger partial charge in [-0.3, -0.25) is 14.6 Å². The zero-order chi connectivity index (χ0) is 17.9. The average Bonchev–Trinajstić information content (AvgIpc) is 3.07. The second kappa shape index (κ2) is 7.82. The van der Waals surface area contributed by atoms with Crippen LogP contribution in [-0.2, 0) is 11.3 Å². The van der Waals surface area contributed by atoms with Crippen LogP contribution >= 0.6 is 11.8 Å². The number of piperazine rings is 1. The van der Waals surface area contributed by atoms with E-state index >= 15 is 0 Å². The molecule has 2 aromatic rings. The number of anilines is 1. The van der Waals surface area contributed by atoms with E-state index in [-0.39, 0.29) is 5.91 Å². The Balaban J connectivity index is 1.30. The lowest BCUT2D eigenvalue weighted by molar-refractivity contribution is -0.120. The largest absolute Gasteiger partial charge is 0.361 e. The molecular weight excluding hydrogens is 348 g/mol. The molecular formula is C19H24N4O2S. The maximum Gasteiger partial charge on any atom is 0.241 e. The third-order valence-corrected chi connectivity index (χ3v) is 5.96. The number of fused-ring (bicyclic) bond motifs is 1. The van der Waals surface area contributed by atoms with Gasteiger partial charge >= 0.3 is 0 Å². The molecule has 3 heterocycles. The van der Waals surface area contributed by atoms with E-state index in [0.717, 1.165) is 62.2 Å². The Morgan fingerprint density at radius 3 is 2.69 bits per heavy atom. The predicted octanol–water partition coefficient (Wildman–Crippen LogP) is 2.24. The summed E-state index contributed by atoms with van der Waals surface area (Å²) in [6, 6.07) is 10.2. The molecule has 0 atom stereocenters. The number of benzene rings is 1. The third-order valence-electron chi connectivity index (χ3n) is 4.92. The number of para-hydroxylation sites is 1. The quantitative estimate of drug-likeness (QED) is 0.820. The lowest BCUT2D eigenvalue weighted by Gasteiger charge is -2.36. The number of hydrogen-bond donors (Lipinski definition) is 0. The van der Waals surface area contributed by atoms with Crippen LogP contribution in [0.4, 0.5) is 5.69 Å². The molecule has 0 saturated carbocycles. The van der Waals surface area contributed by atoms with Crippen LogP contribution in [0.3, 0.4) is 0 Å². The van der Waals surface area contributed by atoms with Crippen LogP contribution in [0.2, 0.25) is 0 Å². The van der Waals surface area contributed by atoms with Crippen molar-refractivity contribution in [2.24, 2.45) is 0 Å². The molecule has 1 aromatic carbocycles. The topological polar surface area (TPSA) is 52.8 Å². The first kappa shape index (κ1) is 17.6. The monoisotopic (exact) mass is 372 g/mol. The van der Waals surface area contributed by atoms with Crippen LogP contribution in [0.5, 0.6) is 0 Å². The normalized spacial score (nSPS) is 18.7. The summed E-state index contributed by atoms with van der Waals surface area (Å²) < 4.78 is 5.14. The smallest absolute Gasteiger partial charge is 0.241 e. The summed E-state index contributed by atoms with van der Waals surface area (Å²) in [6.07, 6.45) is 0. The van der Waals surface area contributed by atoms with Crippen LogP contribution in [0.1, 0.15) is 11.5 Å². The molecule has 1 aromatic heterocycles. The standard InChI is InChI=1S/C19H24N4O2S/c1-15-12-16(20-25-15)13-21-6-8-22(9-7-21)14-19(24)23-10-11-26-18-5-3-2-4-17(18)23/h2-5,12H,6-11,13-14H2,1H3. The van der Waals surface area contributed by atoms with Gasteiger partial charge in [0.1, 0.15) is 5.76 Å². The molecule has 138 valence electrons. The van der Waals surface area contributed by atoms with Crippen LogP contribution in [0, 0.1) is 6.92 Å². The number of aryl methyl sites for hydroxylation is 1. The van der Waals surface area contributed by atoms with Crippen LogP contribution in [0.15, 0.2) is 39.8 Å². The molecule has 0 bridgehead atoms. The zero-order valence-electron chi connectivity index (χ0n) is 15.1. The van der Waals surface area contributed by atoms with Crippen molar-refractivity contribution < 1.29 is 9.32 Å². The summed E-state index contributed by atoms with van der Waals surface area (Å²) in [5.74, 6) is 2.02. The summed E-state index contributed by atoms with van der Waals surface area (Å²) in [4.78, 5) is 20.6. The lowest BCUT2D eigenvalue weighted by atomic mass is 10.2. The van der Waals surface area contributed by atoms with Crippen LogP contribution in [-0.4, -0.2) is 65.9 Å². The van der Waals surface area contributed by atoms with Crippen LogP contribution < -0.4 is 4.90 Å². The van der Waals surface area contributed by atoms with Crippen molar-refractivity contribution in [3.05, 3.63) is 41.8 Å². The van der Waals surface area contributed by atoms with Gasteiger partial charge in [0.25, 0.3) is 0 Å². The fourth-order valence-electron chi connectivity index (χ4n) is 3.53. The number of nitrogens with zero attached hydrogens (tertiary/aromatic N) is 4. The molecule has 6 nitrogen and oxygen atoms in total. The van der Waals surface area contributed by atoms with Gasteiger partial charge in [-0.05, 0) is 19.1 Å². The summed E-state index contributed by atoms with van der Waals surface area (Å²) >= 11 is 1.83. The van der Waals surface area contributed by atoms with Gasteiger partial charge in [0.15, 0.2) is 0 Å². The van der Waals surface area contributed by atoms with Crippen molar-refractivity contribution in [1.82, 2.24) is 15.0 Å². The van der Waals surface area contributed by atoms with Crippen molar-refractivity contribution in [1.29, 1.82) is 0 Å². The van der Waals surface area contributed by atoms with E-state index in [9.17, 15) is 4.79 Å². The molecule has 7 heteroatoms. The van der Waals surface area contributed by atoms with E-state index in [4.69, 9.17) is 4.52 Å². The minimum Gasteiger partial charge on any atom is -0.361 e. The summed E-state index contributed by atoms with van der Waals surface area (Å²) in [5, 5.41) is 4.07. The molecule has 0 N–H and O–H groups in total. The van der Waals surface area contributed by atoms with Crippen molar-refractivity contribution in [2.75, 3.05) is 49.9 Å². The Morgan fingerprint density at radius 1 is 1.15 bits per heavy atom. The maximum atomic E-state index is 12.8. The maximum absolute atomic E-state index is 12.8. The number of carbonyl (C=O) groups is 1. The molecule has 0 unspecified atom stereocenters. The number of carbonyl (C=O) groups excluding carboxylic acids is 1. The van der Waals surface area contributed by atoms with Gasteiger partial charge in [0, 0.05) is 56.0 Å². The van der Waals surface area contributed by atoms with Crippen molar-refractivity contribution in [3.63, 3.8) is 0 Å². The Hall–Kier alpha value is -1.83. The van der Waals surface area contributed by atoms with Gasteiger partial charge in [-0.15, -0.1) is 11.8 Å². The molecule has 1 fully saturated rings. The molecule has 26 heavy (non-hydrogen) atoms. The fourth-order valence-corrected chi connectivity index (χ4v) is 4.53. The minimum atomic E-state index is 0.207. The summed E-state index contributed by atoms with van der Waals surface area (Å²) in [5.41, 5.74) is 2.04. The predicted molar refractivity (Wildman–Crippen MR) is 102 cm³/mol. The molecule has 1 saturated heterocycles. The fraction of sp³-hybridized carbons (Fsp3) is 0.474. The number of hydrogen-bond acceptors (Lipinski definition) is 6. The van der Waals surface area contributed by atoms with Gasteiger partial charge in [-0.1, -0.05) is 17.3 Å². The molecule has 2 aliphatic heterocycles. The highest BCUT2D eigenvalue weighted by molar-refractivity contribution is 7.99. The Kier molecular flexibility index (Phi) is 5.28. The van der Waals surface area contributed by atoms with E-state index in [0.29, 0.717) is 6.54 Å². The lowest BCUT2D eigenvalue weighted by Crippen LogP contribution is -2.50. The van der Waals surface area contributed by atoms with Crippen LogP contribution in [0.25, 0.3) is 0 Å². The highest BCUT2D eigenvalue weighted by Crippen LogP contribution is 2.34. The molecule has 2 aliphatic rings. The third kappa shape index (κ3) is 3.95. The molecule has 0 aliphatic carbocycles. The second-order valence-electron chi connectivity index (χ2n) is 6.84. The molecule has 0 spiro atoms. The number of rotatable bonds is 4. The minimum absolute atomic E-state index is 0.207. The SMILES string of the molecule is Cc1cc(CN2CCN(CC(=O)N3CCSc4ccccc43)CC2)no1. The average molecular weight is 372 g/mol. The summed E-state index contributed by atoms with van der Waals surface area (Å²) in [7, 11) is 0. The first-order chi connectivity index (χ1) is 12.7. The van der Waals surface area contributed by atoms with Crippen molar-refractivity contribution in [3.8, 4) is 0 Å².